The molecule has 2 aromatic carbocycles. The van der Waals surface area contributed by atoms with Crippen LogP contribution in [-0.2, 0) is 20.7 Å². The molecule has 55 heavy (non-hydrogen) atoms. The van der Waals surface area contributed by atoms with Gasteiger partial charge >= 0.3 is 11.9 Å². The molecule has 6 aromatic rings. The first-order chi connectivity index (χ1) is 26.6. The van der Waals surface area contributed by atoms with Crippen LogP contribution in [-0.4, -0.2) is 89.2 Å². The van der Waals surface area contributed by atoms with Gasteiger partial charge in [0, 0.05) is 48.5 Å². The zero-order valence-corrected chi connectivity index (χ0v) is 28.7. The fourth-order valence-electron chi connectivity index (χ4n) is 5.05. The number of rotatable bonds is 13. The molecule has 0 spiro atoms. The molecule has 1 unspecified atom stereocenters. The van der Waals surface area contributed by atoms with Crippen molar-refractivity contribution in [1.29, 1.82) is 0 Å². The number of aliphatic hydroxyl groups is 1. The van der Waals surface area contributed by atoms with Gasteiger partial charge in [0.15, 0.2) is 40.7 Å². The van der Waals surface area contributed by atoms with Crippen LogP contribution in [0.15, 0.2) is 86.0 Å². The zero-order chi connectivity index (χ0) is 39.1. The van der Waals surface area contributed by atoms with E-state index in [2.05, 4.69) is 45.7 Å². The molecule has 3 N–H and O–H groups in total. The number of halogens is 2. The second-order valence-electron chi connectivity index (χ2n) is 11.3. The van der Waals surface area contributed by atoms with Crippen LogP contribution in [0.3, 0.4) is 0 Å². The number of methoxy groups -OCH3 is 2. The van der Waals surface area contributed by atoms with Crippen molar-refractivity contribution in [2.45, 2.75) is 12.5 Å². The molecule has 0 aliphatic rings. The van der Waals surface area contributed by atoms with Crippen molar-refractivity contribution in [1.82, 2.24) is 39.5 Å². The average molecular weight is 755 g/mol. The SMILES string of the molecule is COC(=O)c1cc(F)c(OCCc2cc(NC(=O)c3ccc(-n4ccnc4)nn3)c(C(O)C(=O)OC)cc2F)cc1NC(=O)c1ccc(-n2ccnc2)nn1. The lowest BCUT2D eigenvalue weighted by Gasteiger charge is -2.17. The Labute approximate surface area is 308 Å². The van der Waals surface area contributed by atoms with Gasteiger partial charge in [-0.05, 0) is 48.0 Å². The molecule has 0 fully saturated rings. The standard InChI is InChI=1S/C35H28F2N10O8/c1-53-34(51)21-15-23(37)28(16-27(21)41-33(50)25-4-6-30(45-43-25)47-11-9-39-18-47)55-12-7-19-13-26(20(14-22(19)36)31(48)35(52)54-2)40-32(49)24-3-5-29(44-42-24)46-10-8-38-17-46/h3-6,8-11,13-18,31,48H,7,12H2,1-2H3,(H,40,49)(H,41,50). The van der Waals surface area contributed by atoms with Crippen molar-refractivity contribution in [3.05, 3.63) is 126 Å². The highest BCUT2D eigenvalue weighted by molar-refractivity contribution is 6.07. The van der Waals surface area contributed by atoms with Gasteiger partial charge < -0.3 is 30.0 Å². The van der Waals surface area contributed by atoms with Gasteiger partial charge in [0.05, 0.1) is 32.1 Å². The van der Waals surface area contributed by atoms with Gasteiger partial charge in [-0.2, -0.15) is 0 Å². The van der Waals surface area contributed by atoms with E-state index in [0.717, 1.165) is 38.5 Å². The van der Waals surface area contributed by atoms with Gasteiger partial charge in [0.25, 0.3) is 11.8 Å². The van der Waals surface area contributed by atoms with E-state index in [1.54, 1.807) is 21.5 Å². The number of aliphatic hydroxyl groups excluding tert-OH is 1. The van der Waals surface area contributed by atoms with E-state index in [0.29, 0.717) is 11.6 Å². The van der Waals surface area contributed by atoms with Crippen LogP contribution in [0.25, 0.3) is 11.6 Å². The van der Waals surface area contributed by atoms with E-state index in [4.69, 9.17) is 9.47 Å². The van der Waals surface area contributed by atoms with E-state index in [-0.39, 0.29) is 52.5 Å². The molecule has 18 nitrogen and oxygen atoms in total. The van der Waals surface area contributed by atoms with Gasteiger partial charge in [0.1, 0.15) is 18.5 Å². The number of nitrogens with zero attached hydrogens (tertiary/aromatic N) is 8. The van der Waals surface area contributed by atoms with Crippen molar-refractivity contribution in [2.24, 2.45) is 0 Å². The second kappa shape index (κ2) is 16.5. The third-order valence-corrected chi connectivity index (χ3v) is 7.84. The Kier molecular flexibility index (Phi) is 11.2. The number of carbonyl (C=O) groups excluding carboxylic acids is 4. The number of aromatic nitrogens is 8. The van der Waals surface area contributed by atoms with Crippen LogP contribution in [0.2, 0.25) is 0 Å². The van der Waals surface area contributed by atoms with E-state index >= 15 is 8.78 Å². The molecule has 0 radical (unpaired) electrons. The van der Waals surface area contributed by atoms with Gasteiger partial charge in [0.2, 0.25) is 0 Å². The Morgan fingerprint density at radius 3 is 1.87 bits per heavy atom. The number of hydrogen-bond donors (Lipinski definition) is 3. The Morgan fingerprint density at radius 1 is 0.764 bits per heavy atom. The third kappa shape index (κ3) is 8.44. The second-order valence-corrected chi connectivity index (χ2v) is 11.3. The highest BCUT2D eigenvalue weighted by Crippen LogP contribution is 2.30. The maximum atomic E-state index is 15.4. The Morgan fingerprint density at radius 2 is 1.36 bits per heavy atom. The largest absolute Gasteiger partial charge is 0.490 e. The summed E-state index contributed by atoms with van der Waals surface area (Å²) >= 11 is 0. The summed E-state index contributed by atoms with van der Waals surface area (Å²) in [4.78, 5) is 58.7. The predicted molar refractivity (Wildman–Crippen MR) is 185 cm³/mol. The molecule has 4 aromatic heterocycles. The fraction of sp³-hybridized carbons (Fsp3) is 0.143. The molecule has 6 rings (SSSR count). The van der Waals surface area contributed by atoms with E-state index in [1.807, 2.05) is 0 Å². The molecule has 0 bridgehead atoms. The molecule has 1 atom stereocenters. The molecule has 280 valence electrons. The predicted octanol–water partition coefficient (Wildman–Crippen LogP) is 3.04. The van der Waals surface area contributed by atoms with Crippen molar-refractivity contribution < 1.29 is 47.3 Å². The zero-order valence-electron chi connectivity index (χ0n) is 28.7. The van der Waals surface area contributed by atoms with Crippen LogP contribution >= 0.6 is 0 Å². The summed E-state index contributed by atoms with van der Waals surface area (Å²) < 4.78 is 48.7. The number of hydrogen-bond acceptors (Lipinski definition) is 14. The lowest BCUT2D eigenvalue weighted by Crippen LogP contribution is -2.20. The molecule has 0 saturated heterocycles. The molecule has 0 aliphatic heterocycles. The number of benzene rings is 2. The van der Waals surface area contributed by atoms with E-state index < -0.39 is 47.2 Å². The molecular weight excluding hydrogens is 726 g/mol. The summed E-state index contributed by atoms with van der Waals surface area (Å²) in [5.41, 5.74) is -1.37. The molecule has 2 amide bonds. The summed E-state index contributed by atoms with van der Waals surface area (Å²) in [6.45, 7) is -0.368. The highest BCUT2D eigenvalue weighted by atomic mass is 19.1. The molecular formula is C35H28F2N10O8. The van der Waals surface area contributed by atoms with Crippen molar-refractivity contribution in [3.8, 4) is 17.4 Å². The maximum Gasteiger partial charge on any atom is 0.340 e. The summed E-state index contributed by atoms with van der Waals surface area (Å²) in [5, 5.41) is 31.3. The van der Waals surface area contributed by atoms with Crippen LogP contribution in [0.1, 0.15) is 48.6 Å². The molecule has 0 aliphatic carbocycles. The number of amides is 2. The first-order valence-electron chi connectivity index (χ1n) is 16.0. The Bertz CT molecular complexity index is 2340. The minimum Gasteiger partial charge on any atom is -0.490 e. The number of esters is 2. The first kappa shape index (κ1) is 37.3. The fourth-order valence-corrected chi connectivity index (χ4v) is 5.05. The lowest BCUT2D eigenvalue weighted by molar-refractivity contribution is -0.150. The quantitative estimate of drug-likeness (QED) is 0.144. The van der Waals surface area contributed by atoms with Crippen LogP contribution in [0.4, 0.5) is 20.2 Å². The van der Waals surface area contributed by atoms with Gasteiger partial charge in [-0.25, -0.2) is 28.3 Å². The number of ether oxygens (including phenoxy) is 3. The Hall–Kier alpha value is -7.48. The number of carbonyl (C=O) groups is 4. The number of imidazole rings is 2. The van der Waals surface area contributed by atoms with Gasteiger partial charge in [-0.1, -0.05) is 0 Å². The minimum atomic E-state index is -1.98. The molecule has 4 heterocycles. The monoisotopic (exact) mass is 754 g/mol. The van der Waals surface area contributed by atoms with E-state index in [9.17, 15) is 24.3 Å². The summed E-state index contributed by atoms with van der Waals surface area (Å²) in [6, 6.07) is 9.60. The van der Waals surface area contributed by atoms with Crippen LogP contribution in [0, 0.1) is 11.6 Å². The molecule has 20 heteroatoms. The van der Waals surface area contributed by atoms with Crippen LogP contribution < -0.4 is 15.4 Å². The summed E-state index contributed by atoms with van der Waals surface area (Å²) in [5.74, 6) is -5.26. The van der Waals surface area contributed by atoms with Crippen molar-refractivity contribution in [2.75, 3.05) is 31.5 Å². The topological polar surface area (TPSA) is 227 Å². The third-order valence-electron chi connectivity index (χ3n) is 7.84. The number of anilines is 2. The maximum absolute atomic E-state index is 15.4. The average Bonchev–Trinajstić information content (AvgIpc) is 3.95. The molecule has 0 saturated carbocycles. The first-order valence-corrected chi connectivity index (χ1v) is 16.0. The van der Waals surface area contributed by atoms with Crippen LogP contribution in [0.5, 0.6) is 5.75 Å². The smallest absolute Gasteiger partial charge is 0.340 e. The van der Waals surface area contributed by atoms with Crippen molar-refractivity contribution in [3.63, 3.8) is 0 Å². The number of nitrogens with one attached hydrogen (secondary N) is 2. The van der Waals surface area contributed by atoms with E-state index in [1.165, 1.54) is 49.3 Å². The van der Waals surface area contributed by atoms with Gasteiger partial charge in [-0.15, -0.1) is 20.4 Å². The summed E-state index contributed by atoms with van der Waals surface area (Å²) in [7, 11) is 2.09. The van der Waals surface area contributed by atoms with Crippen molar-refractivity contribution >= 4 is 35.1 Å². The Balaban J connectivity index is 1.20. The van der Waals surface area contributed by atoms with Gasteiger partial charge in [-0.3, -0.25) is 18.7 Å². The normalized spacial score (nSPS) is 11.4. The summed E-state index contributed by atoms with van der Waals surface area (Å²) in [6.07, 6.45) is 7.08. The lowest BCUT2D eigenvalue weighted by atomic mass is 10.0. The highest BCUT2D eigenvalue weighted by Gasteiger charge is 2.26. The minimum absolute atomic E-state index is 0.0736.